The Morgan fingerprint density at radius 1 is 1.00 bits per heavy atom. The summed E-state index contributed by atoms with van der Waals surface area (Å²) in [4.78, 5) is 17.2. The van der Waals surface area contributed by atoms with Crippen LogP contribution in [0.2, 0.25) is 0 Å². The van der Waals surface area contributed by atoms with Crippen LogP contribution in [0.5, 0.6) is 0 Å². The van der Waals surface area contributed by atoms with E-state index in [9.17, 15) is 4.79 Å². The number of nitrogens with zero attached hydrogens (tertiary/aromatic N) is 1. The number of carbonyl (C=O) groups excluding carboxylic acids is 1. The van der Waals surface area contributed by atoms with Crippen molar-refractivity contribution in [2.75, 3.05) is 0 Å². The van der Waals surface area contributed by atoms with Crippen LogP contribution >= 0.6 is 11.3 Å². The number of rotatable bonds is 3. The molecule has 0 amide bonds. The summed E-state index contributed by atoms with van der Waals surface area (Å²) < 4.78 is 0. The highest BCUT2D eigenvalue weighted by Crippen LogP contribution is 2.25. The third-order valence-corrected chi connectivity index (χ3v) is 4.84. The number of aromatic nitrogens is 1. The monoisotopic (exact) mass is 307 g/mol. The summed E-state index contributed by atoms with van der Waals surface area (Å²) >= 11 is 1.51. The molecule has 0 fully saturated rings. The van der Waals surface area contributed by atoms with E-state index in [-0.39, 0.29) is 5.78 Å². The van der Waals surface area contributed by atoms with Gasteiger partial charge in [-0.1, -0.05) is 30.3 Å². The molecule has 22 heavy (non-hydrogen) atoms. The van der Waals surface area contributed by atoms with E-state index in [4.69, 9.17) is 0 Å². The predicted molar refractivity (Wildman–Crippen MR) is 91.6 cm³/mol. The molecule has 3 aromatic rings. The SMILES string of the molecule is Cc1cc(C(=O)c2csc(-c3ccccc3)n2)cc(C)c1C. The van der Waals surface area contributed by atoms with Crippen LogP contribution in [0.25, 0.3) is 10.6 Å². The summed E-state index contributed by atoms with van der Waals surface area (Å²) in [6.45, 7) is 6.15. The fraction of sp³-hybridized carbons (Fsp3) is 0.158. The third-order valence-electron chi connectivity index (χ3n) is 3.95. The minimum atomic E-state index is -0.00960. The Morgan fingerprint density at radius 2 is 1.64 bits per heavy atom. The van der Waals surface area contributed by atoms with Crippen molar-refractivity contribution >= 4 is 17.1 Å². The molecule has 0 spiro atoms. The highest BCUT2D eigenvalue weighted by Gasteiger charge is 2.15. The van der Waals surface area contributed by atoms with Gasteiger partial charge in [0.15, 0.2) is 0 Å². The second-order valence-corrected chi connectivity index (χ2v) is 6.33. The molecule has 3 rings (SSSR count). The number of hydrogen-bond acceptors (Lipinski definition) is 3. The van der Waals surface area contributed by atoms with E-state index in [1.807, 2.05) is 61.7 Å². The number of benzene rings is 2. The number of carbonyl (C=O) groups is 1. The summed E-state index contributed by atoms with van der Waals surface area (Å²) in [7, 11) is 0. The predicted octanol–water partition coefficient (Wildman–Crippen LogP) is 4.97. The van der Waals surface area contributed by atoms with Crippen molar-refractivity contribution in [1.29, 1.82) is 0 Å². The van der Waals surface area contributed by atoms with Crippen molar-refractivity contribution in [3.05, 3.63) is 75.8 Å². The molecule has 0 aliphatic heterocycles. The number of aryl methyl sites for hydroxylation is 2. The van der Waals surface area contributed by atoms with Gasteiger partial charge in [-0.15, -0.1) is 11.3 Å². The van der Waals surface area contributed by atoms with Crippen LogP contribution in [0.15, 0.2) is 47.8 Å². The maximum Gasteiger partial charge on any atom is 0.212 e. The molecule has 0 bridgehead atoms. The first-order valence-corrected chi connectivity index (χ1v) is 8.07. The summed E-state index contributed by atoms with van der Waals surface area (Å²) in [5.74, 6) is -0.00960. The molecule has 0 saturated heterocycles. The van der Waals surface area contributed by atoms with Crippen LogP contribution in [0.3, 0.4) is 0 Å². The molecule has 1 heterocycles. The fourth-order valence-corrected chi connectivity index (χ4v) is 3.21. The summed E-state index contributed by atoms with van der Waals surface area (Å²) in [6, 6.07) is 13.8. The Balaban J connectivity index is 1.95. The average Bonchev–Trinajstić information content (AvgIpc) is 3.02. The molecule has 3 heteroatoms. The Kier molecular flexibility index (Phi) is 3.90. The van der Waals surface area contributed by atoms with Gasteiger partial charge in [0.1, 0.15) is 10.7 Å². The van der Waals surface area contributed by atoms with Gasteiger partial charge in [0.25, 0.3) is 0 Å². The Bertz CT molecular complexity index is 811. The first-order chi connectivity index (χ1) is 10.6. The summed E-state index contributed by atoms with van der Waals surface area (Å²) in [5, 5.41) is 2.72. The number of ketones is 1. The van der Waals surface area contributed by atoms with Crippen LogP contribution in [-0.2, 0) is 0 Å². The van der Waals surface area contributed by atoms with Gasteiger partial charge < -0.3 is 0 Å². The summed E-state index contributed by atoms with van der Waals surface area (Å²) in [6.07, 6.45) is 0. The molecule has 0 N–H and O–H groups in total. The fourth-order valence-electron chi connectivity index (χ4n) is 2.41. The second kappa shape index (κ2) is 5.85. The molecule has 0 atom stereocenters. The van der Waals surface area contributed by atoms with Crippen LogP contribution in [0, 0.1) is 20.8 Å². The lowest BCUT2D eigenvalue weighted by Crippen LogP contribution is -2.04. The standard InChI is InChI=1S/C19H17NOS/c1-12-9-16(10-13(2)14(12)3)18(21)17-11-22-19(20-17)15-7-5-4-6-8-15/h4-11H,1-3H3. The zero-order valence-corrected chi connectivity index (χ0v) is 13.7. The van der Waals surface area contributed by atoms with Crippen LogP contribution in [0.1, 0.15) is 32.7 Å². The highest BCUT2D eigenvalue weighted by atomic mass is 32.1. The largest absolute Gasteiger partial charge is 0.287 e. The maximum absolute atomic E-state index is 12.7. The van der Waals surface area contributed by atoms with Gasteiger partial charge in [0, 0.05) is 16.5 Å². The van der Waals surface area contributed by atoms with Crippen LogP contribution < -0.4 is 0 Å². The molecule has 0 saturated carbocycles. The zero-order valence-electron chi connectivity index (χ0n) is 12.9. The molecule has 0 unspecified atom stereocenters. The number of thiazole rings is 1. The van der Waals surface area contributed by atoms with Gasteiger partial charge in [-0.25, -0.2) is 4.98 Å². The Morgan fingerprint density at radius 3 is 2.27 bits per heavy atom. The lowest BCUT2D eigenvalue weighted by Gasteiger charge is -2.07. The van der Waals surface area contributed by atoms with E-state index in [1.54, 1.807) is 0 Å². The minimum absolute atomic E-state index is 0.00960. The van der Waals surface area contributed by atoms with E-state index in [2.05, 4.69) is 11.9 Å². The van der Waals surface area contributed by atoms with Crippen molar-refractivity contribution in [1.82, 2.24) is 4.98 Å². The molecular formula is C19H17NOS. The van der Waals surface area contributed by atoms with Gasteiger partial charge >= 0.3 is 0 Å². The van der Waals surface area contributed by atoms with E-state index in [1.165, 1.54) is 16.9 Å². The van der Waals surface area contributed by atoms with Gasteiger partial charge in [0.2, 0.25) is 5.78 Å². The normalized spacial score (nSPS) is 10.7. The third kappa shape index (κ3) is 2.72. The first-order valence-electron chi connectivity index (χ1n) is 7.20. The quantitative estimate of drug-likeness (QED) is 0.640. The Hall–Kier alpha value is -2.26. The molecule has 0 aliphatic carbocycles. The molecule has 2 nitrogen and oxygen atoms in total. The molecule has 110 valence electrons. The van der Waals surface area contributed by atoms with E-state index >= 15 is 0 Å². The number of hydrogen-bond donors (Lipinski definition) is 0. The maximum atomic E-state index is 12.7. The van der Waals surface area contributed by atoms with Crippen molar-refractivity contribution < 1.29 is 4.79 Å². The molecule has 0 radical (unpaired) electrons. The molecule has 0 aliphatic rings. The molecular weight excluding hydrogens is 290 g/mol. The van der Waals surface area contributed by atoms with Crippen molar-refractivity contribution in [2.24, 2.45) is 0 Å². The van der Waals surface area contributed by atoms with E-state index in [0.29, 0.717) is 11.3 Å². The first kappa shape index (κ1) is 14.7. The second-order valence-electron chi connectivity index (χ2n) is 5.47. The van der Waals surface area contributed by atoms with Crippen molar-refractivity contribution in [2.45, 2.75) is 20.8 Å². The topological polar surface area (TPSA) is 30.0 Å². The lowest BCUT2D eigenvalue weighted by atomic mass is 9.98. The summed E-state index contributed by atoms with van der Waals surface area (Å²) in [5.41, 5.74) is 5.79. The van der Waals surface area contributed by atoms with Gasteiger partial charge in [-0.2, -0.15) is 0 Å². The highest BCUT2D eigenvalue weighted by molar-refractivity contribution is 7.13. The Labute approximate surface area is 134 Å². The van der Waals surface area contributed by atoms with Crippen molar-refractivity contribution in [3.63, 3.8) is 0 Å². The van der Waals surface area contributed by atoms with Crippen LogP contribution in [0.4, 0.5) is 0 Å². The van der Waals surface area contributed by atoms with Crippen molar-refractivity contribution in [3.8, 4) is 10.6 Å². The van der Waals surface area contributed by atoms with E-state index in [0.717, 1.165) is 21.7 Å². The van der Waals surface area contributed by atoms with Crippen LogP contribution in [-0.4, -0.2) is 10.8 Å². The zero-order chi connectivity index (χ0) is 15.7. The van der Waals surface area contributed by atoms with E-state index < -0.39 is 0 Å². The van der Waals surface area contributed by atoms with Gasteiger partial charge in [0.05, 0.1) is 0 Å². The smallest absolute Gasteiger partial charge is 0.212 e. The lowest BCUT2D eigenvalue weighted by molar-refractivity contribution is 0.103. The van der Waals surface area contributed by atoms with Gasteiger partial charge in [-0.3, -0.25) is 4.79 Å². The molecule has 1 aromatic heterocycles. The molecule has 2 aromatic carbocycles. The minimum Gasteiger partial charge on any atom is -0.287 e. The van der Waals surface area contributed by atoms with Gasteiger partial charge in [-0.05, 0) is 49.6 Å². The average molecular weight is 307 g/mol.